The first-order valence-electron chi connectivity index (χ1n) is 5.24. The molecule has 3 rings (SSSR count). The van der Waals surface area contributed by atoms with Crippen molar-refractivity contribution in [2.75, 3.05) is 11.1 Å². The van der Waals surface area contributed by atoms with Crippen molar-refractivity contribution in [2.45, 2.75) is 18.9 Å². The van der Waals surface area contributed by atoms with Gasteiger partial charge in [-0.25, -0.2) is 0 Å². The van der Waals surface area contributed by atoms with Crippen LogP contribution in [0.3, 0.4) is 0 Å². The van der Waals surface area contributed by atoms with E-state index >= 15 is 0 Å². The molecule has 82 valence electrons. The fraction of sp³-hybridized carbons (Fsp3) is 0.273. The van der Waals surface area contributed by atoms with Crippen molar-refractivity contribution < 1.29 is 0 Å². The van der Waals surface area contributed by atoms with Crippen LogP contribution in [-0.4, -0.2) is 10.2 Å². The van der Waals surface area contributed by atoms with Crippen LogP contribution in [0.25, 0.3) is 0 Å². The van der Waals surface area contributed by atoms with Gasteiger partial charge in [0.2, 0.25) is 5.13 Å². The van der Waals surface area contributed by atoms with E-state index in [0.717, 1.165) is 23.7 Å². The van der Waals surface area contributed by atoms with Gasteiger partial charge >= 0.3 is 0 Å². The number of rotatable bonds is 2. The van der Waals surface area contributed by atoms with Crippen molar-refractivity contribution in [1.82, 2.24) is 10.2 Å². The van der Waals surface area contributed by atoms with Crippen molar-refractivity contribution >= 4 is 22.2 Å². The van der Waals surface area contributed by atoms with Crippen LogP contribution in [0.15, 0.2) is 23.7 Å². The maximum atomic E-state index is 5.77. The Hall–Kier alpha value is -1.62. The Morgan fingerprint density at radius 3 is 3.19 bits per heavy atom. The molecular weight excluding hydrogens is 220 g/mol. The van der Waals surface area contributed by atoms with Gasteiger partial charge in [0, 0.05) is 5.69 Å². The smallest absolute Gasteiger partial charge is 0.205 e. The number of aromatic nitrogens is 2. The van der Waals surface area contributed by atoms with E-state index in [1.165, 1.54) is 22.5 Å². The van der Waals surface area contributed by atoms with Gasteiger partial charge in [0.1, 0.15) is 5.51 Å². The fourth-order valence-corrected chi connectivity index (χ4v) is 2.67. The summed E-state index contributed by atoms with van der Waals surface area (Å²) in [6.45, 7) is 0. The Labute approximate surface area is 97.5 Å². The summed E-state index contributed by atoms with van der Waals surface area (Å²) in [6, 6.07) is 6.48. The van der Waals surface area contributed by atoms with Crippen molar-refractivity contribution in [1.29, 1.82) is 0 Å². The quantitative estimate of drug-likeness (QED) is 0.779. The molecule has 0 saturated heterocycles. The molecule has 1 unspecified atom stereocenters. The summed E-state index contributed by atoms with van der Waals surface area (Å²) in [4.78, 5) is 0. The van der Waals surface area contributed by atoms with E-state index in [4.69, 9.17) is 5.73 Å². The van der Waals surface area contributed by atoms with Gasteiger partial charge in [0.05, 0.1) is 6.04 Å². The second-order valence-corrected chi connectivity index (χ2v) is 4.77. The molecule has 16 heavy (non-hydrogen) atoms. The third-order valence-electron chi connectivity index (χ3n) is 2.90. The molecule has 3 N–H and O–H groups in total. The highest BCUT2D eigenvalue weighted by molar-refractivity contribution is 7.13. The molecular formula is C11H12N4S. The Kier molecular flexibility index (Phi) is 2.25. The summed E-state index contributed by atoms with van der Waals surface area (Å²) < 4.78 is 0. The SMILES string of the molecule is Nc1ccc2c(c1)CCC2Nc1nncs1. The van der Waals surface area contributed by atoms with Gasteiger partial charge in [0.15, 0.2) is 0 Å². The lowest BCUT2D eigenvalue weighted by molar-refractivity contribution is 0.758. The minimum absolute atomic E-state index is 0.351. The molecule has 0 radical (unpaired) electrons. The monoisotopic (exact) mass is 232 g/mol. The highest BCUT2D eigenvalue weighted by Crippen LogP contribution is 2.34. The fourth-order valence-electron chi connectivity index (χ4n) is 2.17. The number of nitrogens with zero attached hydrogens (tertiary/aromatic N) is 2. The largest absolute Gasteiger partial charge is 0.399 e. The minimum Gasteiger partial charge on any atom is -0.399 e. The number of fused-ring (bicyclic) bond motifs is 1. The highest BCUT2D eigenvalue weighted by atomic mass is 32.1. The second kappa shape index (κ2) is 3.75. The third kappa shape index (κ3) is 1.63. The zero-order valence-corrected chi connectivity index (χ0v) is 9.50. The van der Waals surface area contributed by atoms with Crippen LogP contribution in [0.2, 0.25) is 0 Å². The Morgan fingerprint density at radius 1 is 1.44 bits per heavy atom. The van der Waals surface area contributed by atoms with Gasteiger partial charge in [-0.15, -0.1) is 10.2 Å². The molecule has 0 fully saturated rings. The minimum atomic E-state index is 0.351. The van der Waals surface area contributed by atoms with E-state index in [1.54, 1.807) is 5.51 Å². The van der Waals surface area contributed by atoms with Crippen LogP contribution in [0, 0.1) is 0 Å². The number of nitrogens with two attached hydrogens (primary N) is 1. The predicted molar refractivity (Wildman–Crippen MR) is 65.4 cm³/mol. The summed E-state index contributed by atoms with van der Waals surface area (Å²) in [5, 5.41) is 12.1. The second-order valence-electron chi connectivity index (χ2n) is 3.94. The summed E-state index contributed by atoms with van der Waals surface area (Å²) in [5.74, 6) is 0. The number of benzene rings is 1. The topological polar surface area (TPSA) is 63.8 Å². The molecule has 0 saturated carbocycles. The van der Waals surface area contributed by atoms with E-state index in [9.17, 15) is 0 Å². The van der Waals surface area contributed by atoms with Gasteiger partial charge in [-0.1, -0.05) is 17.4 Å². The summed E-state index contributed by atoms with van der Waals surface area (Å²) in [6.07, 6.45) is 2.18. The van der Waals surface area contributed by atoms with Crippen molar-refractivity contribution in [3.8, 4) is 0 Å². The molecule has 1 aliphatic carbocycles. The number of nitrogen functional groups attached to an aromatic ring is 1. The van der Waals surface area contributed by atoms with E-state index in [1.807, 2.05) is 6.07 Å². The van der Waals surface area contributed by atoms with Crippen LogP contribution in [0.1, 0.15) is 23.6 Å². The summed E-state index contributed by atoms with van der Waals surface area (Å²) in [5.41, 5.74) is 11.0. The molecule has 0 amide bonds. The van der Waals surface area contributed by atoms with Gasteiger partial charge in [-0.3, -0.25) is 0 Å². The van der Waals surface area contributed by atoms with Gasteiger partial charge in [-0.05, 0) is 36.1 Å². The first-order chi connectivity index (χ1) is 7.83. The van der Waals surface area contributed by atoms with Crippen LogP contribution in [-0.2, 0) is 6.42 Å². The molecule has 0 aliphatic heterocycles. The zero-order valence-electron chi connectivity index (χ0n) is 8.68. The lowest BCUT2D eigenvalue weighted by Gasteiger charge is -2.12. The average molecular weight is 232 g/mol. The van der Waals surface area contributed by atoms with Crippen LogP contribution in [0.5, 0.6) is 0 Å². The summed E-state index contributed by atoms with van der Waals surface area (Å²) >= 11 is 1.53. The molecule has 1 aliphatic rings. The number of nitrogens with one attached hydrogen (secondary N) is 1. The standard InChI is InChI=1S/C11H12N4S/c12-8-2-3-9-7(5-8)1-4-10(9)14-11-15-13-6-16-11/h2-3,5-6,10H,1,4,12H2,(H,14,15). The lowest BCUT2D eigenvalue weighted by atomic mass is 10.1. The van der Waals surface area contributed by atoms with E-state index in [0.29, 0.717) is 6.04 Å². The normalized spacial score (nSPS) is 18.4. The van der Waals surface area contributed by atoms with E-state index in [2.05, 4.69) is 27.6 Å². The van der Waals surface area contributed by atoms with Crippen molar-refractivity contribution in [2.24, 2.45) is 0 Å². The van der Waals surface area contributed by atoms with Gasteiger partial charge in [0.25, 0.3) is 0 Å². The first-order valence-corrected chi connectivity index (χ1v) is 6.12. The van der Waals surface area contributed by atoms with Crippen LogP contribution >= 0.6 is 11.3 Å². The number of aryl methyl sites for hydroxylation is 1. The van der Waals surface area contributed by atoms with Crippen LogP contribution < -0.4 is 11.1 Å². The Bertz CT molecular complexity index is 495. The maximum Gasteiger partial charge on any atom is 0.205 e. The zero-order chi connectivity index (χ0) is 11.0. The van der Waals surface area contributed by atoms with Gasteiger partial charge in [-0.2, -0.15) is 0 Å². The lowest BCUT2D eigenvalue weighted by Crippen LogP contribution is -2.06. The molecule has 4 nitrogen and oxygen atoms in total. The third-order valence-corrected chi connectivity index (χ3v) is 3.52. The number of hydrogen-bond donors (Lipinski definition) is 2. The van der Waals surface area contributed by atoms with Crippen LogP contribution in [0.4, 0.5) is 10.8 Å². The number of hydrogen-bond acceptors (Lipinski definition) is 5. The molecule has 1 atom stereocenters. The maximum absolute atomic E-state index is 5.77. The Morgan fingerprint density at radius 2 is 2.38 bits per heavy atom. The molecule has 2 aromatic rings. The van der Waals surface area contributed by atoms with Crippen molar-refractivity contribution in [3.63, 3.8) is 0 Å². The molecule has 5 heteroatoms. The van der Waals surface area contributed by atoms with Gasteiger partial charge < -0.3 is 11.1 Å². The number of anilines is 2. The first kappa shape index (κ1) is 9.59. The molecule has 1 aromatic heterocycles. The predicted octanol–water partition coefficient (Wildman–Crippen LogP) is 2.22. The average Bonchev–Trinajstić information content (AvgIpc) is 2.89. The highest BCUT2D eigenvalue weighted by Gasteiger charge is 2.22. The van der Waals surface area contributed by atoms with E-state index < -0.39 is 0 Å². The molecule has 0 spiro atoms. The Balaban J connectivity index is 1.86. The van der Waals surface area contributed by atoms with E-state index in [-0.39, 0.29) is 0 Å². The van der Waals surface area contributed by atoms with Crippen molar-refractivity contribution in [3.05, 3.63) is 34.8 Å². The molecule has 1 heterocycles. The molecule has 1 aromatic carbocycles. The molecule has 0 bridgehead atoms. The summed E-state index contributed by atoms with van der Waals surface area (Å²) in [7, 11) is 0.